The Morgan fingerprint density at radius 1 is 0.421 bits per heavy atom. The van der Waals surface area contributed by atoms with Crippen molar-refractivity contribution in [1.82, 2.24) is 34.1 Å². The topological polar surface area (TPSA) is 74.3 Å². The summed E-state index contributed by atoms with van der Waals surface area (Å²) in [6, 6.07) is 57.0. The first-order valence-corrected chi connectivity index (χ1v) is 19.7. The van der Waals surface area contributed by atoms with Gasteiger partial charge in [-0.2, -0.15) is 0 Å². The molecule has 0 unspecified atom stereocenters. The molecule has 0 spiro atoms. The Labute approximate surface area is 329 Å². The molecule has 7 aromatic carbocycles. The lowest BCUT2D eigenvalue weighted by Crippen LogP contribution is -2.01. The number of hydrogen-bond donors (Lipinski definition) is 0. The smallest absolute Gasteiger partial charge is 0.164 e. The summed E-state index contributed by atoms with van der Waals surface area (Å²) in [5.74, 6) is 1.88. The number of benzene rings is 7. The number of fused-ring (bicyclic) bond motifs is 12. The van der Waals surface area contributed by atoms with Gasteiger partial charge in [-0.05, 0) is 36.4 Å². The summed E-state index contributed by atoms with van der Waals surface area (Å²) in [7, 11) is 0. The van der Waals surface area contributed by atoms with Crippen LogP contribution < -0.4 is 0 Å². The molecule has 0 fully saturated rings. The van der Waals surface area contributed by atoms with Crippen molar-refractivity contribution in [3.8, 4) is 45.5 Å². The summed E-state index contributed by atoms with van der Waals surface area (Å²) >= 11 is 1.74. The highest BCUT2D eigenvalue weighted by Gasteiger charge is 2.27. The summed E-state index contributed by atoms with van der Waals surface area (Å²) in [5, 5.41) is 6.97. The largest absolute Gasteiger partial charge is 0.308 e. The van der Waals surface area contributed by atoms with Gasteiger partial charge in [-0.1, -0.05) is 127 Å². The predicted octanol–water partition coefficient (Wildman–Crippen LogP) is 12.2. The van der Waals surface area contributed by atoms with E-state index in [4.69, 9.17) is 19.9 Å². The van der Waals surface area contributed by atoms with Crippen molar-refractivity contribution in [2.45, 2.75) is 0 Å². The first kappa shape index (κ1) is 31.8. The second-order valence-corrected chi connectivity index (χ2v) is 15.1. The Kier molecular flexibility index (Phi) is 6.96. The molecule has 57 heavy (non-hydrogen) atoms. The van der Waals surface area contributed by atoms with Gasteiger partial charge in [0.05, 0.1) is 22.1 Å². The molecule has 0 saturated heterocycles. The minimum Gasteiger partial charge on any atom is -0.308 e. The lowest BCUT2D eigenvalue weighted by molar-refractivity contribution is 1.07. The van der Waals surface area contributed by atoms with Crippen LogP contribution in [0.5, 0.6) is 0 Å². The van der Waals surface area contributed by atoms with Crippen LogP contribution in [0.4, 0.5) is 0 Å². The Hall–Kier alpha value is -7.55. The summed E-state index contributed by atoms with van der Waals surface area (Å²) in [6.07, 6.45) is 3.63. The summed E-state index contributed by atoms with van der Waals surface area (Å²) in [5.41, 5.74) is 9.43. The molecule has 12 aromatic rings. The second-order valence-electron chi connectivity index (χ2n) is 14.1. The molecule has 0 radical (unpaired) electrons. The van der Waals surface area contributed by atoms with Crippen molar-refractivity contribution in [3.05, 3.63) is 176 Å². The van der Waals surface area contributed by atoms with E-state index in [1.807, 2.05) is 66.9 Å². The molecule has 0 aliphatic carbocycles. The highest BCUT2D eigenvalue weighted by atomic mass is 32.1. The van der Waals surface area contributed by atoms with Crippen molar-refractivity contribution in [3.63, 3.8) is 0 Å². The van der Waals surface area contributed by atoms with Gasteiger partial charge < -0.3 is 9.13 Å². The fraction of sp³-hybridized carbons (Fsp3) is 0. The zero-order chi connectivity index (χ0) is 37.5. The Bertz CT molecular complexity index is 3460. The zero-order valence-electron chi connectivity index (χ0n) is 30.3. The quantitative estimate of drug-likeness (QED) is 0.175. The molecule has 0 N–H and O–H groups in total. The van der Waals surface area contributed by atoms with Gasteiger partial charge in [0.15, 0.2) is 17.5 Å². The van der Waals surface area contributed by atoms with E-state index < -0.39 is 0 Å². The van der Waals surface area contributed by atoms with Crippen LogP contribution in [0.1, 0.15) is 0 Å². The van der Waals surface area contributed by atoms with E-state index in [1.165, 1.54) is 31.6 Å². The molecule has 0 saturated carbocycles. The van der Waals surface area contributed by atoms with Gasteiger partial charge in [0.2, 0.25) is 0 Å². The average Bonchev–Trinajstić information content (AvgIpc) is 3.95. The van der Waals surface area contributed by atoms with Crippen LogP contribution in [0, 0.1) is 0 Å². The summed E-state index contributed by atoms with van der Waals surface area (Å²) in [4.78, 5) is 25.5. The van der Waals surface area contributed by atoms with Crippen LogP contribution in [0.3, 0.4) is 0 Å². The van der Waals surface area contributed by atoms with Crippen LogP contribution in [-0.4, -0.2) is 34.1 Å². The van der Waals surface area contributed by atoms with Crippen molar-refractivity contribution < 1.29 is 0 Å². The zero-order valence-corrected chi connectivity index (χ0v) is 31.1. The molecular weight excluding hydrogens is 719 g/mol. The molecule has 8 heteroatoms. The van der Waals surface area contributed by atoms with Gasteiger partial charge in [-0.15, -0.1) is 11.3 Å². The van der Waals surface area contributed by atoms with E-state index in [1.54, 1.807) is 17.7 Å². The molecule has 5 heterocycles. The Morgan fingerprint density at radius 2 is 0.912 bits per heavy atom. The number of thiophene rings is 1. The van der Waals surface area contributed by atoms with Crippen LogP contribution in [-0.2, 0) is 0 Å². The molecule has 12 rings (SSSR count). The third-order valence-electron chi connectivity index (χ3n) is 10.9. The van der Waals surface area contributed by atoms with Gasteiger partial charge in [0.25, 0.3) is 0 Å². The fourth-order valence-electron chi connectivity index (χ4n) is 8.51. The van der Waals surface area contributed by atoms with Gasteiger partial charge in [-0.3, -0.25) is 0 Å². The van der Waals surface area contributed by atoms with Gasteiger partial charge >= 0.3 is 0 Å². The summed E-state index contributed by atoms with van der Waals surface area (Å²) in [6.45, 7) is 0. The van der Waals surface area contributed by atoms with E-state index in [9.17, 15) is 0 Å². The monoisotopic (exact) mass is 747 g/mol. The van der Waals surface area contributed by atoms with Gasteiger partial charge in [0, 0.05) is 71.3 Å². The highest BCUT2D eigenvalue weighted by molar-refractivity contribution is 7.26. The summed E-state index contributed by atoms with van der Waals surface area (Å²) < 4.78 is 6.05. The van der Waals surface area contributed by atoms with E-state index in [-0.39, 0.29) is 0 Å². The average molecular weight is 748 g/mol. The van der Waals surface area contributed by atoms with Crippen molar-refractivity contribution >= 4 is 75.3 Å². The maximum absolute atomic E-state index is 5.09. The molecular formula is C49H29N7S. The molecule has 0 bridgehead atoms. The molecule has 266 valence electrons. The van der Waals surface area contributed by atoms with E-state index >= 15 is 0 Å². The molecule has 0 aliphatic heterocycles. The molecule has 0 aliphatic rings. The van der Waals surface area contributed by atoms with E-state index in [0.29, 0.717) is 17.5 Å². The van der Waals surface area contributed by atoms with Crippen LogP contribution in [0.25, 0.3) is 109 Å². The van der Waals surface area contributed by atoms with Gasteiger partial charge in [-0.25, -0.2) is 24.9 Å². The van der Waals surface area contributed by atoms with Crippen molar-refractivity contribution in [1.29, 1.82) is 0 Å². The maximum Gasteiger partial charge on any atom is 0.164 e. The first-order chi connectivity index (χ1) is 28.3. The third-order valence-corrected chi connectivity index (χ3v) is 12.0. The molecule has 7 nitrogen and oxygen atoms in total. The Balaban J connectivity index is 1.21. The SMILES string of the molecule is c1ccc(-c2nc(-c3ccccc3)nc(-c3cccc(-n4c5ccccc5c5c6sc7ncncc7c6c6c(c7ccccc7n6-c6ccccc6)c54)c3)n2)cc1. The van der Waals surface area contributed by atoms with Gasteiger partial charge in [0.1, 0.15) is 11.2 Å². The van der Waals surface area contributed by atoms with Crippen molar-refractivity contribution in [2.75, 3.05) is 0 Å². The normalized spacial score (nSPS) is 11.9. The number of para-hydroxylation sites is 3. The first-order valence-electron chi connectivity index (χ1n) is 18.8. The number of nitrogens with zero attached hydrogens (tertiary/aromatic N) is 7. The standard InChI is InChI=1S/C49H29N7S/c1-4-15-30(16-5-1)46-52-47(31-17-6-2-7-18-31)54-48(53-46)32-19-14-22-34(27-32)56-39-26-13-11-24-36(39)41-43(56)40-35-23-10-12-25-38(35)55(33-20-8-3-9-21-33)44(40)42-37-28-50-29-51-49(37)57-45(41)42/h1-29H. The molecule has 0 amide bonds. The molecule has 0 atom stereocenters. The minimum absolute atomic E-state index is 0.613. The fourth-order valence-corrected chi connectivity index (χ4v) is 9.69. The van der Waals surface area contributed by atoms with Crippen molar-refractivity contribution in [2.24, 2.45) is 0 Å². The van der Waals surface area contributed by atoms with E-state index in [0.717, 1.165) is 60.3 Å². The highest BCUT2D eigenvalue weighted by Crippen LogP contribution is 2.50. The number of hydrogen-bond acceptors (Lipinski definition) is 6. The lowest BCUT2D eigenvalue weighted by Gasteiger charge is -2.13. The van der Waals surface area contributed by atoms with E-state index in [2.05, 4.69) is 117 Å². The predicted molar refractivity (Wildman–Crippen MR) is 233 cm³/mol. The third kappa shape index (κ3) is 4.81. The van der Waals surface area contributed by atoms with Crippen LogP contribution in [0.2, 0.25) is 0 Å². The van der Waals surface area contributed by atoms with Crippen LogP contribution in [0.15, 0.2) is 176 Å². The number of aromatic nitrogens is 7. The van der Waals surface area contributed by atoms with Crippen LogP contribution >= 0.6 is 11.3 Å². The second kappa shape index (κ2) is 12.5. The maximum atomic E-state index is 5.09. The molecule has 5 aromatic heterocycles. The minimum atomic E-state index is 0.613. The Morgan fingerprint density at radius 3 is 1.56 bits per heavy atom. The number of rotatable bonds is 5. The lowest BCUT2D eigenvalue weighted by atomic mass is 10.0.